The maximum atomic E-state index is 5.68. The Balaban J connectivity index is 1.40. The molecule has 1 unspecified atom stereocenters. The van der Waals surface area contributed by atoms with Crippen LogP contribution in [-0.2, 0) is 11.3 Å². The maximum Gasteiger partial charge on any atom is 0.118 e. The van der Waals surface area contributed by atoms with E-state index < -0.39 is 0 Å². The predicted octanol–water partition coefficient (Wildman–Crippen LogP) is 4.43. The molecule has 126 valence electrons. The van der Waals surface area contributed by atoms with Crippen molar-refractivity contribution in [3.05, 3.63) is 47.5 Å². The Labute approximate surface area is 144 Å². The van der Waals surface area contributed by atoms with Gasteiger partial charge < -0.3 is 10.2 Å². The second-order valence-corrected chi connectivity index (χ2v) is 6.97. The third-order valence-electron chi connectivity index (χ3n) is 5.36. The molecule has 1 N–H and O–H groups in total. The van der Waals surface area contributed by atoms with Crippen molar-refractivity contribution in [1.82, 2.24) is 5.32 Å². The second kappa shape index (κ2) is 7.35. The monoisotopic (exact) mass is 322 g/mol. The average molecular weight is 322 g/mol. The maximum absolute atomic E-state index is 5.68. The first-order valence-corrected chi connectivity index (χ1v) is 9.35. The van der Waals surface area contributed by atoms with E-state index in [0.717, 1.165) is 31.5 Å². The van der Waals surface area contributed by atoms with Crippen LogP contribution in [0.2, 0.25) is 0 Å². The highest BCUT2D eigenvalue weighted by molar-refractivity contribution is 6.08. The predicted molar refractivity (Wildman–Crippen MR) is 99.6 cm³/mol. The van der Waals surface area contributed by atoms with E-state index in [-0.39, 0.29) is 0 Å². The van der Waals surface area contributed by atoms with Crippen molar-refractivity contribution in [2.45, 2.75) is 51.0 Å². The molecular formula is C21H26N2O. The normalized spacial score (nSPS) is 22.5. The zero-order valence-electron chi connectivity index (χ0n) is 14.3. The Morgan fingerprint density at radius 1 is 1.04 bits per heavy atom. The molecule has 4 rings (SSSR count). The summed E-state index contributed by atoms with van der Waals surface area (Å²) in [7, 11) is 0. The van der Waals surface area contributed by atoms with Crippen molar-refractivity contribution in [1.29, 1.82) is 0 Å². The molecule has 1 saturated heterocycles. The van der Waals surface area contributed by atoms with Crippen molar-refractivity contribution in [2.24, 2.45) is 5.16 Å². The molecule has 2 aliphatic rings. The molecule has 1 heterocycles. The largest absolute Gasteiger partial charge is 0.396 e. The number of benzene rings is 2. The third kappa shape index (κ3) is 3.32. The standard InChI is InChI=1S/C21H26N2O/c1-2-7-17(22-14-5-1)13-15-24-23-21-12-11-19-18-8-4-3-6-16(18)9-10-20(19)21/h3-4,6,8-10,17,22H,1-2,5,7,11-15H2/b23-21+. The van der Waals surface area contributed by atoms with Gasteiger partial charge in [-0.25, -0.2) is 0 Å². The lowest BCUT2D eigenvalue weighted by Crippen LogP contribution is -2.29. The molecule has 0 saturated carbocycles. The second-order valence-electron chi connectivity index (χ2n) is 6.97. The SMILES string of the molecule is c1ccc2c3c(ccc2c1)/C(=N/OCCC1CCCCCN1)CC3. The minimum absolute atomic E-state index is 0.604. The van der Waals surface area contributed by atoms with E-state index in [1.54, 1.807) is 0 Å². The number of aryl methyl sites for hydroxylation is 1. The zero-order chi connectivity index (χ0) is 16.2. The molecule has 3 nitrogen and oxygen atoms in total. The molecule has 0 amide bonds. The molecule has 1 atom stereocenters. The Bertz CT molecular complexity index is 730. The molecule has 24 heavy (non-hydrogen) atoms. The topological polar surface area (TPSA) is 33.6 Å². The molecule has 3 heteroatoms. The van der Waals surface area contributed by atoms with Crippen LogP contribution in [0.25, 0.3) is 10.8 Å². The molecule has 0 radical (unpaired) electrons. The summed E-state index contributed by atoms with van der Waals surface area (Å²) < 4.78 is 0. The molecule has 2 aromatic rings. The van der Waals surface area contributed by atoms with Crippen molar-refractivity contribution in [3.63, 3.8) is 0 Å². The van der Waals surface area contributed by atoms with Crippen LogP contribution in [0.1, 0.15) is 49.7 Å². The summed E-state index contributed by atoms with van der Waals surface area (Å²) in [6.07, 6.45) is 8.40. The number of nitrogens with zero attached hydrogens (tertiary/aromatic N) is 1. The Kier molecular flexibility index (Phi) is 4.79. The summed E-state index contributed by atoms with van der Waals surface area (Å²) in [6, 6.07) is 13.6. The molecule has 0 spiro atoms. The van der Waals surface area contributed by atoms with Crippen molar-refractivity contribution >= 4 is 16.5 Å². The number of oxime groups is 1. The van der Waals surface area contributed by atoms with E-state index >= 15 is 0 Å². The van der Waals surface area contributed by atoms with Gasteiger partial charge in [0, 0.05) is 11.6 Å². The highest BCUT2D eigenvalue weighted by Crippen LogP contribution is 2.30. The summed E-state index contributed by atoms with van der Waals surface area (Å²) in [5.74, 6) is 0. The van der Waals surface area contributed by atoms with Gasteiger partial charge in [-0.3, -0.25) is 0 Å². The lowest BCUT2D eigenvalue weighted by molar-refractivity contribution is 0.132. The van der Waals surface area contributed by atoms with Gasteiger partial charge in [-0.2, -0.15) is 0 Å². The minimum atomic E-state index is 0.604. The van der Waals surface area contributed by atoms with E-state index in [1.807, 2.05) is 0 Å². The number of hydrogen-bond donors (Lipinski definition) is 1. The van der Waals surface area contributed by atoms with Crippen LogP contribution >= 0.6 is 0 Å². The quantitative estimate of drug-likeness (QED) is 0.667. The molecule has 2 aromatic carbocycles. The zero-order valence-corrected chi connectivity index (χ0v) is 14.3. The first-order chi connectivity index (χ1) is 11.9. The van der Waals surface area contributed by atoms with E-state index in [9.17, 15) is 0 Å². The Morgan fingerprint density at radius 3 is 3.00 bits per heavy atom. The Morgan fingerprint density at radius 2 is 2.00 bits per heavy atom. The van der Waals surface area contributed by atoms with E-state index in [4.69, 9.17) is 4.84 Å². The summed E-state index contributed by atoms with van der Waals surface area (Å²) in [4.78, 5) is 5.68. The van der Waals surface area contributed by atoms with Gasteiger partial charge in [-0.15, -0.1) is 0 Å². The fourth-order valence-electron chi connectivity index (χ4n) is 4.01. The van der Waals surface area contributed by atoms with Crippen LogP contribution in [0.5, 0.6) is 0 Å². The number of nitrogens with one attached hydrogen (secondary N) is 1. The smallest absolute Gasteiger partial charge is 0.118 e. The van der Waals surface area contributed by atoms with Crippen molar-refractivity contribution in [3.8, 4) is 0 Å². The highest BCUT2D eigenvalue weighted by Gasteiger charge is 2.20. The average Bonchev–Trinajstić information content (AvgIpc) is 2.86. The van der Waals surface area contributed by atoms with Crippen molar-refractivity contribution in [2.75, 3.05) is 13.2 Å². The molecule has 1 aliphatic carbocycles. The molecule has 1 aliphatic heterocycles. The van der Waals surface area contributed by atoms with E-state index in [2.05, 4.69) is 46.9 Å². The first-order valence-electron chi connectivity index (χ1n) is 9.35. The fourth-order valence-corrected chi connectivity index (χ4v) is 4.01. The van der Waals surface area contributed by atoms with Crippen LogP contribution in [-0.4, -0.2) is 24.9 Å². The van der Waals surface area contributed by atoms with Gasteiger partial charge in [0.05, 0.1) is 5.71 Å². The third-order valence-corrected chi connectivity index (χ3v) is 5.36. The molecule has 0 aromatic heterocycles. The lowest BCUT2D eigenvalue weighted by atomic mass is 10.0. The van der Waals surface area contributed by atoms with Crippen LogP contribution < -0.4 is 5.32 Å². The molecule has 1 fully saturated rings. The van der Waals surface area contributed by atoms with Gasteiger partial charge in [-0.1, -0.05) is 54.4 Å². The van der Waals surface area contributed by atoms with Gasteiger partial charge in [0.25, 0.3) is 0 Å². The van der Waals surface area contributed by atoms with E-state index in [0.29, 0.717) is 12.6 Å². The molecular weight excluding hydrogens is 296 g/mol. The van der Waals surface area contributed by atoms with Crippen LogP contribution in [0.4, 0.5) is 0 Å². The van der Waals surface area contributed by atoms with Gasteiger partial charge >= 0.3 is 0 Å². The number of hydrogen-bond acceptors (Lipinski definition) is 3. The fraction of sp³-hybridized carbons (Fsp3) is 0.476. The summed E-state index contributed by atoms with van der Waals surface area (Å²) in [6.45, 7) is 1.86. The van der Waals surface area contributed by atoms with Crippen LogP contribution in [0, 0.1) is 0 Å². The lowest BCUT2D eigenvalue weighted by Gasteiger charge is -2.14. The van der Waals surface area contributed by atoms with Crippen LogP contribution in [0.15, 0.2) is 41.6 Å². The van der Waals surface area contributed by atoms with E-state index in [1.165, 1.54) is 47.6 Å². The van der Waals surface area contributed by atoms with Gasteiger partial charge in [0.15, 0.2) is 0 Å². The van der Waals surface area contributed by atoms with Crippen LogP contribution in [0.3, 0.4) is 0 Å². The highest BCUT2D eigenvalue weighted by atomic mass is 16.6. The summed E-state index contributed by atoms with van der Waals surface area (Å²) in [5, 5.41) is 10.8. The van der Waals surface area contributed by atoms with Crippen molar-refractivity contribution < 1.29 is 4.84 Å². The first kappa shape index (κ1) is 15.6. The summed E-state index contributed by atoms with van der Waals surface area (Å²) >= 11 is 0. The summed E-state index contributed by atoms with van der Waals surface area (Å²) in [5.41, 5.74) is 3.83. The Hall–Kier alpha value is -1.87. The van der Waals surface area contributed by atoms with Gasteiger partial charge in [-0.05, 0) is 55.0 Å². The number of fused-ring (bicyclic) bond motifs is 3. The minimum Gasteiger partial charge on any atom is -0.396 e. The molecule has 0 bridgehead atoms. The van der Waals surface area contributed by atoms with Gasteiger partial charge in [0.2, 0.25) is 0 Å². The number of rotatable bonds is 4. The van der Waals surface area contributed by atoms with Gasteiger partial charge in [0.1, 0.15) is 6.61 Å².